The molecule has 1 rings (SSSR count). The van der Waals surface area contributed by atoms with Crippen LogP contribution in [0.25, 0.3) is 0 Å². The van der Waals surface area contributed by atoms with Gasteiger partial charge in [0, 0.05) is 18.9 Å². The molecule has 0 bridgehead atoms. The van der Waals surface area contributed by atoms with Gasteiger partial charge in [-0.3, -0.25) is 4.79 Å². The molecule has 1 saturated carbocycles. The second-order valence-corrected chi connectivity index (χ2v) is 6.53. The highest BCUT2D eigenvalue weighted by atomic mass is 16.5. The van der Waals surface area contributed by atoms with Crippen molar-refractivity contribution in [3.8, 4) is 0 Å². The number of ether oxygens (including phenoxy) is 2. The summed E-state index contributed by atoms with van der Waals surface area (Å²) in [6.45, 7) is 7.09. The summed E-state index contributed by atoms with van der Waals surface area (Å²) in [5.74, 6) is -0.523. The van der Waals surface area contributed by atoms with Crippen molar-refractivity contribution in [2.45, 2.75) is 71.6 Å². The van der Waals surface area contributed by atoms with Gasteiger partial charge < -0.3 is 14.8 Å². The molecule has 0 heterocycles. The van der Waals surface area contributed by atoms with Crippen molar-refractivity contribution in [3.05, 3.63) is 0 Å². The van der Waals surface area contributed by atoms with Gasteiger partial charge in [-0.25, -0.2) is 4.79 Å². The number of nitrogens with one attached hydrogen (secondary N) is 1. The summed E-state index contributed by atoms with van der Waals surface area (Å²) in [6.07, 6.45) is 3.68. The van der Waals surface area contributed by atoms with Crippen molar-refractivity contribution in [2.75, 3.05) is 7.11 Å². The predicted octanol–water partition coefficient (Wildman–Crippen LogP) is 2.04. The Kier molecular flexibility index (Phi) is 5.99. The Morgan fingerprint density at radius 2 is 1.80 bits per heavy atom. The second kappa shape index (κ2) is 7.07. The number of hydrogen-bond acceptors (Lipinski definition) is 4. The summed E-state index contributed by atoms with van der Waals surface area (Å²) in [5.41, 5.74) is -0.513. The number of carbonyl (C=O) groups excluding carboxylic acids is 2. The maximum absolute atomic E-state index is 12.0. The minimum Gasteiger partial charge on any atom is -0.461 e. The minimum atomic E-state index is -0.621. The third-order valence-electron chi connectivity index (χ3n) is 3.58. The largest absolute Gasteiger partial charge is 0.461 e. The third kappa shape index (κ3) is 5.12. The minimum absolute atomic E-state index is 0.102. The Balaban J connectivity index is 2.43. The van der Waals surface area contributed by atoms with E-state index in [0.29, 0.717) is 0 Å². The van der Waals surface area contributed by atoms with Gasteiger partial charge in [0.25, 0.3) is 0 Å². The SMILES string of the molecule is COC1CCCC(OC(=O)C(C)NC(=O)C(C)(C)C)C1. The zero-order valence-electron chi connectivity index (χ0n) is 13.2. The molecule has 0 aliphatic heterocycles. The third-order valence-corrected chi connectivity index (χ3v) is 3.58. The molecule has 0 aromatic rings. The number of hydrogen-bond donors (Lipinski definition) is 1. The van der Waals surface area contributed by atoms with E-state index in [0.717, 1.165) is 25.7 Å². The smallest absolute Gasteiger partial charge is 0.328 e. The molecular formula is C15H27NO4. The topological polar surface area (TPSA) is 64.6 Å². The lowest BCUT2D eigenvalue weighted by Crippen LogP contribution is -2.46. The summed E-state index contributed by atoms with van der Waals surface area (Å²) >= 11 is 0. The van der Waals surface area contributed by atoms with E-state index in [-0.39, 0.29) is 24.1 Å². The molecule has 0 saturated heterocycles. The van der Waals surface area contributed by atoms with Crippen molar-refractivity contribution >= 4 is 11.9 Å². The van der Waals surface area contributed by atoms with Crippen LogP contribution < -0.4 is 5.32 Å². The van der Waals surface area contributed by atoms with E-state index in [2.05, 4.69) is 5.32 Å². The van der Waals surface area contributed by atoms with Gasteiger partial charge in [0.15, 0.2) is 0 Å². The highest BCUT2D eigenvalue weighted by Crippen LogP contribution is 2.23. The first-order valence-electron chi connectivity index (χ1n) is 7.28. The van der Waals surface area contributed by atoms with Gasteiger partial charge in [0.2, 0.25) is 5.91 Å². The molecule has 1 amide bonds. The molecule has 0 radical (unpaired) electrons. The fourth-order valence-electron chi connectivity index (χ4n) is 2.16. The fraction of sp³-hybridized carbons (Fsp3) is 0.867. The lowest BCUT2D eigenvalue weighted by atomic mass is 9.94. The summed E-state index contributed by atoms with van der Waals surface area (Å²) in [7, 11) is 1.68. The maximum atomic E-state index is 12.0. The van der Waals surface area contributed by atoms with Crippen LogP contribution in [0.4, 0.5) is 0 Å². The second-order valence-electron chi connectivity index (χ2n) is 6.53. The summed E-state index contributed by atoms with van der Waals surface area (Å²) in [6, 6.07) is -0.621. The van der Waals surface area contributed by atoms with Crippen LogP contribution in [-0.2, 0) is 19.1 Å². The van der Waals surface area contributed by atoms with Gasteiger partial charge in [0.05, 0.1) is 6.10 Å². The van der Waals surface area contributed by atoms with E-state index >= 15 is 0 Å². The first kappa shape index (κ1) is 17.0. The monoisotopic (exact) mass is 285 g/mol. The Bertz CT molecular complexity index is 348. The highest BCUT2D eigenvalue weighted by molar-refractivity contribution is 5.87. The molecule has 1 aliphatic carbocycles. The number of methoxy groups -OCH3 is 1. The van der Waals surface area contributed by atoms with Gasteiger partial charge in [-0.05, 0) is 26.2 Å². The van der Waals surface area contributed by atoms with Crippen LogP contribution in [0.2, 0.25) is 0 Å². The first-order valence-corrected chi connectivity index (χ1v) is 7.28. The molecule has 0 spiro atoms. The Labute approximate surface area is 121 Å². The fourth-order valence-corrected chi connectivity index (χ4v) is 2.16. The molecule has 5 nitrogen and oxygen atoms in total. The van der Waals surface area contributed by atoms with E-state index in [1.807, 2.05) is 20.8 Å². The predicted molar refractivity (Wildman–Crippen MR) is 76.2 cm³/mol. The van der Waals surface area contributed by atoms with E-state index < -0.39 is 11.5 Å². The van der Waals surface area contributed by atoms with Crippen molar-refractivity contribution in [2.24, 2.45) is 5.41 Å². The van der Waals surface area contributed by atoms with Gasteiger partial charge in [0.1, 0.15) is 12.1 Å². The molecule has 20 heavy (non-hydrogen) atoms. The molecular weight excluding hydrogens is 258 g/mol. The highest BCUT2D eigenvalue weighted by Gasteiger charge is 2.29. The van der Waals surface area contributed by atoms with Gasteiger partial charge >= 0.3 is 5.97 Å². The molecule has 116 valence electrons. The van der Waals surface area contributed by atoms with Crippen LogP contribution in [0.1, 0.15) is 53.4 Å². The standard InChI is InChI=1S/C15H27NO4/c1-10(16-14(18)15(2,3)4)13(17)20-12-8-6-7-11(9-12)19-5/h10-12H,6-9H2,1-5H3,(H,16,18). The number of rotatable bonds is 4. The zero-order valence-corrected chi connectivity index (χ0v) is 13.2. The Morgan fingerprint density at radius 1 is 1.20 bits per heavy atom. The van der Waals surface area contributed by atoms with Gasteiger partial charge in [-0.2, -0.15) is 0 Å². The van der Waals surface area contributed by atoms with Crippen molar-refractivity contribution in [1.29, 1.82) is 0 Å². The Hall–Kier alpha value is -1.10. The summed E-state index contributed by atoms with van der Waals surface area (Å²) in [5, 5.41) is 2.69. The van der Waals surface area contributed by atoms with Crippen LogP contribution in [0.15, 0.2) is 0 Å². The van der Waals surface area contributed by atoms with Gasteiger partial charge in [-0.1, -0.05) is 20.8 Å². The quantitative estimate of drug-likeness (QED) is 0.803. The molecule has 3 atom stereocenters. The number of esters is 1. The summed E-state index contributed by atoms with van der Waals surface area (Å²) in [4.78, 5) is 23.8. The lowest BCUT2D eigenvalue weighted by molar-refractivity contribution is -0.156. The van der Waals surface area contributed by atoms with Crippen LogP contribution >= 0.6 is 0 Å². The molecule has 3 unspecified atom stereocenters. The van der Waals surface area contributed by atoms with Crippen LogP contribution in [0.3, 0.4) is 0 Å². The van der Waals surface area contributed by atoms with E-state index in [1.54, 1.807) is 14.0 Å². The average molecular weight is 285 g/mol. The summed E-state index contributed by atoms with van der Waals surface area (Å²) < 4.78 is 10.8. The number of amides is 1. The van der Waals surface area contributed by atoms with Crippen molar-refractivity contribution in [3.63, 3.8) is 0 Å². The van der Waals surface area contributed by atoms with Gasteiger partial charge in [-0.15, -0.1) is 0 Å². The molecule has 0 aromatic heterocycles. The average Bonchev–Trinajstić information content (AvgIpc) is 2.37. The van der Waals surface area contributed by atoms with Crippen molar-refractivity contribution < 1.29 is 19.1 Å². The number of carbonyl (C=O) groups is 2. The molecule has 0 aromatic carbocycles. The molecule has 5 heteroatoms. The van der Waals surface area contributed by atoms with Crippen LogP contribution in [0.5, 0.6) is 0 Å². The van der Waals surface area contributed by atoms with E-state index in [9.17, 15) is 9.59 Å². The zero-order chi connectivity index (χ0) is 15.3. The molecule has 1 fully saturated rings. The molecule has 1 N–H and O–H groups in total. The van der Waals surface area contributed by atoms with Crippen LogP contribution in [0, 0.1) is 5.41 Å². The van der Waals surface area contributed by atoms with Crippen molar-refractivity contribution in [1.82, 2.24) is 5.32 Å². The molecule has 1 aliphatic rings. The van der Waals surface area contributed by atoms with E-state index in [1.165, 1.54) is 0 Å². The Morgan fingerprint density at radius 3 is 2.35 bits per heavy atom. The maximum Gasteiger partial charge on any atom is 0.328 e. The first-order chi connectivity index (χ1) is 9.24. The van der Waals surface area contributed by atoms with Crippen LogP contribution in [-0.4, -0.2) is 37.2 Å². The van der Waals surface area contributed by atoms with E-state index in [4.69, 9.17) is 9.47 Å². The normalized spacial score (nSPS) is 24.9. The lowest BCUT2D eigenvalue weighted by Gasteiger charge is -2.29.